The van der Waals surface area contributed by atoms with Gasteiger partial charge in [0, 0.05) is 49.5 Å². The van der Waals surface area contributed by atoms with Crippen molar-refractivity contribution in [1.82, 2.24) is 4.90 Å². The van der Waals surface area contributed by atoms with Gasteiger partial charge in [0.25, 0.3) is 5.91 Å². The number of carboxylic acid groups (broad SMARTS) is 1. The van der Waals surface area contributed by atoms with Gasteiger partial charge in [-0.1, -0.05) is 18.2 Å². The molecule has 176 valence electrons. The summed E-state index contributed by atoms with van der Waals surface area (Å²) in [6.07, 6.45) is 0. The van der Waals surface area contributed by atoms with E-state index in [0.717, 1.165) is 18.8 Å². The molecule has 3 aromatic carbocycles. The van der Waals surface area contributed by atoms with E-state index in [0.29, 0.717) is 36.5 Å². The first-order valence-electron chi connectivity index (χ1n) is 11.0. The fourth-order valence-electron chi connectivity index (χ4n) is 3.98. The van der Waals surface area contributed by atoms with Crippen LogP contribution in [0.2, 0.25) is 0 Å². The van der Waals surface area contributed by atoms with E-state index in [1.165, 1.54) is 6.07 Å². The molecule has 3 aromatic rings. The summed E-state index contributed by atoms with van der Waals surface area (Å²) in [7, 11) is 1.54. The molecule has 7 nitrogen and oxygen atoms in total. The van der Waals surface area contributed by atoms with Crippen molar-refractivity contribution >= 4 is 23.3 Å². The molecule has 8 heteroatoms. The monoisotopic (exact) mass is 463 g/mol. The van der Waals surface area contributed by atoms with Gasteiger partial charge in [-0.25, -0.2) is 9.18 Å². The number of rotatable bonds is 7. The van der Waals surface area contributed by atoms with Gasteiger partial charge in [0.1, 0.15) is 11.6 Å². The molecule has 2 N–H and O–H groups in total. The molecular formula is C26H26FN3O4. The number of carboxylic acids is 1. The Labute approximate surface area is 197 Å². The first-order chi connectivity index (χ1) is 16.4. The first kappa shape index (κ1) is 23.3. The Kier molecular flexibility index (Phi) is 7.08. The highest BCUT2D eigenvalue weighted by Crippen LogP contribution is 2.26. The van der Waals surface area contributed by atoms with Crippen molar-refractivity contribution in [3.05, 3.63) is 89.2 Å². The van der Waals surface area contributed by atoms with Crippen LogP contribution in [0.3, 0.4) is 0 Å². The van der Waals surface area contributed by atoms with E-state index in [1.807, 2.05) is 12.1 Å². The van der Waals surface area contributed by atoms with Crippen molar-refractivity contribution in [2.45, 2.75) is 6.54 Å². The van der Waals surface area contributed by atoms with E-state index in [2.05, 4.69) is 15.1 Å². The van der Waals surface area contributed by atoms with Crippen molar-refractivity contribution in [2.75, 3.05) is 43.5 Å². The van der Waals surface area contributed by atoms with Crippen LogP contribution in [0, 0.1) is 5.82 Å². The predicted octanol–water partition coefficient (Wildman–Crippen LogP) is 4.11. The minimum Gasteiger partial charge on any atom is -0.497 e. The van der Waals surface area contributed by atoms with E-state index in [-0.39, 0.29) is 17.1 Å². The lowest BCUT2D eigenvalue weighted by Crippen LogP contribution is -2.46. The molecule has 1 aliphatic rings. The van der Waals surface area contributed by atoms with Gasteiger partial charge in [-0.2, -0.15) is 0 Å². The lowest BCUT2D eigenvalue weighted by molar-refractivity contribution is 0.0698. The second-order valence-corrected chi connectivity index (χ2v) is 8.07. The number of benzene rings is 3. The standard InChI is InChI=1S/C26H26FN3O4/c1-34-21-9-6-18(7-10-21)25(31)28-24-11-8-20(16-22(24)26(32)33)30-14-12-29(13-15-30)17-19-4-2-3-5-23(19)27/h2-11,16H,12-15,17H2,1H3,(H,28,31)(H,32,33). The number of methoxy groups -OCH3 is 1. The van der Waals surface area contributed by atoms with Crippen LogP contribution >= 0.6 is 0 Å². The molecule has 0 spiro atoms. The van der Waals surface area contributed by atoms with Gasteiger partial charge in [-0.05, 0) is 48.5 Å². The number of piperazine rings is 1. The Morgan fingerprint density at radius 2 is 1.71 bits per heavy atom. The van der Waals surface area contributed by atoms with Crippen molar-refractivity contribution in [1.29, 1.82) is 0 Å². The number of carbonyl (C=O) groups excluding carboxylic acids is 1. The third-order valence-corrected chi connectivity index (χ3v) is 5.92. The average Bonchev–Trinajstić information content (AvgIpc) is 2.86. The van der Waals surface area contributed by atoms with Crippen molar-refractivity contribution in [3.63, 3.8) is 0 Å². The quantitative estimate of drug-likeness (QED) is 0.549. The zero-order chi connectivity index (χ0) is 24.1. The normalized spacial score (nSPS) is 14.0. The highest BCUT2D eigenvalue weighted by Gasteiger charge is 2.21. The Morgan fingerprint density at radius 3 is 2.35 bits per heavy atom. The van der Waals surface area contributed by atoms with E-state index < -0.39 is 11.9 Å². The second-order valence-electron chi connectivity index (χ2n) is 8.07. The number of ether oxygens (including phenoxy) is 1. The van der Waals surface area contributed by atoms with Gasteiger partial charge in [0.15, 0.2) is 0 Å². The minimum absolute atomic E-state index is 0.0214. The second kappa shape index (κ2) is 10.4. The minimum atomic E-state index is -1.12. The van der Waals surface area contributed by atoms with Gasteiger partial charge in [0.05, 0.1) is 18.4 Å². The molecule has 0 saturated carbocycles. The number of hydrogen-bond acceptors (Lipinski definition) is 5. The number of amides is 1. The summed E-state index contributed by atoms with van der Waals surface area (Å²) in [4.78, 5) is 28.8. The lowest BCUT2D eigenvalue weighted by Gasteiger charge is -2.36. The molecule has 1 heterocycles. The SMILES string of the molecule is COc1ccc(C(=O)Nc2ccc(N3CCN(Cc4ccccc4F)CC3)cc2C(=O)O)cc1. The van der Waals surface area contributed by atoms with E-state index in [9.17, 15) is 19.1 Å². The van der Waals surface area contributed by atoms with Crippen LogP contribution in [0.5, 0.6) is 5.75 Å². The van der Waals surface area contributed by atoms with Crippen molar-refractivity contribution in [3.8, 4) is 5.75 Å². The Balaban J connectivity index is 1.42. The molecule has 1 amide bonds. The maximum Gasteiger partial charge on any atom is 0.337 e. The van der Waals surface area contributed by atoms with Crippen LogP contribution in [-0.2, 0) is 6.54 Å². The van der Waals surface area contributed by atoms with E-state index in [4.69, 9.17) is 4.74 Å². The summed E-state index contributed by atoms with van der Waals surface area (Å²) >= 11 is 0. The molecule has 4 rings (SSSR count). The number of anilines is 2. The summed E-state index contributed by atoms with van der Waals surface area (Å²) in [5.41, 5.74) is 2.09. The first-order valence-corrected chi connectivity index (χ1v) is 11.0. The number of nitrogens with zero attached hydrogens (tertiary/aromatic N) is 2. The fourth-order valence-corrected chi connectivity index (χ4v) is 3.98. The number of halogens is 1. The van der Waals surface area contributed by atoms with Gasteiger partial charge < -0.3 is 20.1 Å². The zero-order valence-electron chi connectivity index (χ0n) is 18.8. The molecule has 0 radical (unpaired) electrons. The summed E-state index contributed by atoms with van der Waals surface area (Å²) in [5, 5.41) is 12.4. The molecule has 1 saturated heterocycles. The largest absolute Gasteiger partial charge is 0.497 e. The van der Waals surface area contributed by atoms with Crippen LogP contribution in [0.15, 0.2) is 66.7 Å². The molecule has 0 atom stereocenters. The number of carbonyl (C=O) groups is 2. The van der Waals surface area contributed by atoms with Gasteiger partial charge in [-0.3, -0.25) is 9.69 Å². The highest BCUT2D eigenvalue weighted by atomic mass is 19.1. The molecule has 0 aliphatic carbocycles. The summed E-state index contributed by atoms with van der Waals surface area (Å²) in [5.74, 6) is -1.10. The summed E-state index contributed by atoms with van der Waals surface area (Å²) in [6.45, 7) is 3.37. The number of hydrogen-bond donors (Lipinski definition) is 2. The zero-order valence-corrected chi connectivity index (χ0v) is 18.8. The maximum absolute atomic E-state index is 13.9. The third kappa shape index (κ3) is 5.35. The summed E-state index contributed by atoms with van der Waals surface area (Å²) < 4.78 is 19.0. The molecule has 0 aromatic heterocycles. The van der Waals surface area contributed by atoms with Crippen LogP contribution in [0.1, 0.15) is 26.3 Å². The highest BCUT2D eigenvalue weighted by molar-refractivity contribution is 6.08. The molecule has 0 unspecified atom stereocenters. The molecule has 0 bridgehead atoms. The van der Waals surface area contributed by atoms with Gasteiger partial charge >= 0.3 is 5.97 Å². The van der Waals surface area contributed by atoms with Crippen molar-refractivity contribution in [2.24, 2.45) is 0 Å². The van der Waals surface area contributed by atoms with E-state index >= 15 is 0 Å². The molecule has 1 aliphatic heterocycles. The van der Waals surface area contributed by atoms with E-state index in [1.54, 1.807) is 55.6 Å². The van der Waals surface area contributed by atoms with Gasteiger partial charge in [-0.15, -0.1) is 0 Å². The topological polar surface area (TPSA) is 82.1 Å². The molecular weight excluding hydrogens is 437 g/mol. The maximum atomic E-state index is 13.9. The van der Waals surface area contributed by atoms with Crippen LogP contribution in [-0.4, -0.2) is 55.2 Å². The molecule has 34 heavy (non-hydrogen) atoms. The average molecular weight is 464 g/mol. The van der Waals surface area contributed by atoms with Crippen LogP contribution in [0.25, 0.3) is 0 Å². The third-order valence-electron chi connectivity index (χ3n) is 5.92. The smallest absolute Gasteiger partial charge is 0.337 e. The Bertz CT molecular complexity index is 1170. The van der Waals surface area contributed by atoms with Crippen molar-refractivity contribution < 1.29 is 23.8 Å². The summed E-state index contributed by atoms with van der Waals surface area (Å²) in [6, 6.07) is 18.3. The predicted molar refractivity (Wildman–Crippen MR) is 128 cm³/mol. The fraction of sp³-hybridized carbons (Fsp3) is 0.231. The number of aromatic carboxylic acids is 1. The number of nitrogens with one attached hydrogen (secondary N) is 1. The Hall–Kier alpha value is -3.91. The lowest BCUT2D eigenvalue weighted by atomic mass is 10.1. The van der Waals surface area contributed by atoms with Gasteiger partial charge in [0.2, 0.25) is 0 Å². The molecule has 1 fully saturated rings. The van der Waals surface area contributed by atoms with Crippen LogP contribution in [0.4, 0.5) is 15.8 Å². The van der Waals surface area contributed by atoms with Crippen LogP contribution < -0.4 is 15.0 Å². The Morgan fingerprint density at radius 1 is 1.00 bits per heavy atom.